The second-order valence-electron chi connectivity index (χ2n) is 4.13. The first-order chi connectivity index (χ1) is 9.65. The molecule has 2 rings (SSSR count). The maximum Gasteiger partial charge on any atom is 0.261 e. The van der Waals surface area contributed by atoms with Gasteiger partial charge < -0.3 is 10.6 Å². The Hall–Kier alpha value is -2.22. The van der Waals surface area contributed by atoms with Gasteiger partial charge in [-0.25, -0.2) is 4.98 Å². The Kier molecular flexibility index (Phi) is 4.83. The standard InChI is InChI=1S/C12H15N5O2S/c1-8-2-3-9(20-8)12(19)14-6-11(18)13-5-4-10-15-7-16-17-10/h2-3,7H,4-6H2,1H3,(H,13,18)(H,14,19)(H,15,16,17). The van der Waals surface area contributed by atoms with Crippen molar-refractivity contribution in [3.05, 3.63) is 34.0 Å². The van der Waals surface area contributed by atoms with Gasteiger partial charge in [0.25, 0.3) is 5.91 Å². The van der Waals surface area contributed by atoms with E-state index >= 15 is 0 Å². The van der Waals surface area contributed by atoms with Gasteiger partial charge in [-0.3, -0.25) is 14.7 Å². The molecule has 8 heteroatoms. The molecular formula is C12H15N5O2S. The van der Waals surface area contributed by atoms with Gasteiger partial charge in [-0.2, -0.15) is 5.10 Å². The van der Waals surface area contributed by atoms with E-state index in [1.165, 1.54) is 17.7 Å². The van der Waals surface area contributed by atoms with Crippen LogP contribution in [-0.4, -0.2) is 40.1 Å². The van der Waals surface area contributed by atoms with Crippen LogP contribution in [0.1, 0.15) is 20.4 Å². The number of amides is 2. The number of aryl methyl sites for hydroxylation is 1. The van der Waals surface area contributed by atoms with Gasteiger partial charge in [0, 0.05) is 17.8 Å². The molecule has 0 aliphatic heterocycles. The van der Waals surface area contributed by atoms with Crippen LogP contribution in [0.15, 0.2) is 18.5 Å². The molecule has 7 nitrogen and oxygen atoms in total. The van der Waals surface area contributed by atoms with Crippen LogP contribution in [0.4, 0.5) is 0 Å². The fourth-order valence-corrected chi connectivity index (χ4v) is 2.32. The van der Waals surface area contributed by atoms with Crippen molar-refractivity contribution >= 4 is 23.2 Å². The van der Waals surface area contributed by atoms with Crippen LogP contribution in [0, 0.1) is 6.92 Å². The van der Waals surface area contributed by atoms with E-state index in [2.05, 4.69) is 25.8 Å². The molecule has 2 aromatic heterocycles. The third kappa shape index (κ3) is 4.16. The summed E-state index contributed by atoms with van der Waals surface area (Å²) in [5, 5.41) is 11.7. The number of H-pyrrole nitrogens is 1. The zero-order valence-corrected chi connectivity index (χ0v) is 11.8. The summed E-state index contributed by atoms with van der Waals surface area (Å²) in [6.45, 7) is 2.34. The molecule has 0 saturated heterocycles. The molecule has 2 amide bonds. The lowest BCUT2D eigenvalue weighted by Crippen LogP contribution is -2.37. The maximum atomic E-state index is 11.7. The predicted octanol–water partition coefficient (Wildman–Crippen LogP) is 0.263. The van der Waals surface area contributed by atoms with Gasteiger partial charge in [0.15, 0.2) is 0 Å². The maximum absolute atomic E-state index is 11.7. The second kappa shape index (κ2) is 6.80. The average molecular weight is 293 g/mol. The van der Waals surface area contributed by atoms with Crippen molar-refractivity contribution in [1.82, 2.24) is 25.8 Å². The van der Waals surface area contributed by atoms with Crippen LogP contribution in [0.3, 0.4) is 0 Å². The van der Waals surface area contributed by atoms with Gasteiger partial charge >= 0.3 is 0 Å². The lowest BCUT2D eigenvalue weighted by Gasteiger charge is -2.05. The SMILES string of the molecule is Cc1ccc(C(=O)NCC(=O)NCCc2ncn[nH]2)s1. The van der Waals surface area contributed by atoms with E-state index < -0.39 is 0 Å². The van der Waals surface area contributed by atoms with Gasteiger partial charge in [0.1, 0.15) is 12.2 Å². The topological polar surface area (TPSA) is 99.8 Å². The molecule has 2 aromatic rings. The van der Waals surface area contributed by atoms with Crippen molar-refractivity contribution in [2.45, 2.75) is 13.3 Å². The smallest absolute Gasteiger partial charge is 0.261 e. The zero-order chi connectivity index (χ0) is 14.4. The summed E-state index contributed by atoms with van der Waals surface area (Å²) >= 11 is 1.40. The van der Waals surface area contributed by atoms with Gasteiger partial charge in [-0.1, -0.05) is 0 Å². The highest BCUT2D eigenvalue weighted by molar-refractivity contribution is 7.13. The highest BCUT2D eigenvalue weighted by Crippen LogP contribution is 2.14. The van der Waals surface area contributed by atoms with Gasteiger partial charge in [0.05, 0.1) is 11.4 Å². The van der Waals surface area contributed by atoms with E-state index in [9.17, 15) is 9.59 Å². The van der Waals surface area contributed by atoms with Gasteiger partial charge in [0.2, 0.25) is 5.91 Å². The Bertz CT molecular complexity index is 578. The summed E-state index contributed by atoms with van der Waals surface area (Å²) < 4.78 is 0. The summed E-state index contributed by atoms with van der Waals surface area (Å²) in [7, 11) is 0. The van der Waals surface area contributed by atoms with E-state index in [-0.39, 0.29) is 18.4 Å². The Morgan fingerprint density at radius 1 is 1.35 bits per heavy atom. The molecule has 0 aromatic carbocycles. The van der Waals surface area contributed by atoms with Crippen molar-refractivity contribution in [3.63, 3.8) is 0 Å². The Labute approximate surface area is 119 Å². The summed E-state index contributed by atoms with van der Waals surface area (Å²) in [5.74, 6) is 0.253. The average Bonchev–Trinajstić information content (AvgIpc) is 3.07. The number of carbonyl (C=O) groups is 2. The molecule has 20 heavy (non-hydrogen) atoms. The number of aromatic amines is 1. The number of rotatable bonds is 6. The summed E-state index contributed by atoms with van der Waals surface area (Å²) in [6, 6.07) is 3.62. The first-order valence-electron chi connectivity index (χ1n) is 6.11. The van der Waals surface area contributed by atoms with Crippen molar-refractivity contribution in [2.24, 2.45) is 0 Å². The first-order valence-corrected chi connectivity index (χ1v) is 6.92. The Morgan fingerprint density at radius 3 is 2.85 bits per heavy atom. The van der Waals surface area contributed by atoms with Crippen LogP contribution < -0.4 is 10.6 Å². The van der Waals surface area contributed by atoms with Gasteiger partial charge in [-0.15, -0.1) is 11.3 Å². The van der Waals surface area contributed by atoms with Crippen LogP contribution in [0.25, 0.3) is 0 Å². The quantitative estimate of drug-likeness (QED) is 0.711. The Balaban J connectivity index is 1.66. The number of hydrogen-bond acceptors (Lipinski definition) is 5. The molecule has 0 saturated carbocycles. The molecule has 0 spiro atoms. The van der Waals surface area contributed by atoms with E-state index in [4.69, 9.17) is 0 Å². The third-order valence-electron chi connectivity index (χ3n) is 2.52. The predicted molar refractivity (Wildman–Crippen MR) is 74.5 cm³/mol. The van der Waals surface area contributed by atoms with E-state index in [1.54, 1.807) is 6.07 Å². The minimum atomic E-state index is -0.230. The highest BCUT2D eigenvalue weighted by Gasteiger charge is 2.09. The van der Waals surface area contributed by atoms with Crippen molar-refractivity contribution in [3.8, 4) is 0 Å². The lowest BCUT2D eigenvalue weighted by atomic mass is 10.4. The third-order valence-corrected chi connectivity index (χ3v) is 3.52. The van der Waals surface area contributed by atoms with Crippen molar-refractivity contribution in [2.75, 3.05) is 13.1 Å². The molecule has 106 valence electrons. The van der Waals surface area contributed by atoms with Crippen LogP contribution in [-0.2, 0) is 11.2 Å². The summed E-state index contributed by atoms with van der Waals surface area (Å²) in [5.41, 5.74) is 0. The number of nitrogens with one attached hydrogen (secondary N) is 3. The number of carbonyl (C=O) groups excluding carboxylic acids is 2. The Morgan fingerprint density at radius 2 is 2.20 bits per heavy atom. The largest absolute Gasteiger partial charge is 0.354 e. The van der Waals surface area contributed by atoms with E-state index in [0.29, 0.717) is 23.7 Å². The molecule has 0 aliphatic rings. The molecule has 0 fully saturated rings. The van der Waals surface area contributed by atoms with Crippen LogP contribution >= 0.6 is 11.3 Å². The summed E-state index contributed by atoms with van der Waals surface area (Å²) in [6.07, 6.45) is 1.99. The minimum Gasteiger partial charge on any atom is -0.354 e. The number of thiophene rings is 1. The van der Waals surface area contributed by atoms with Crippen LogP contribution in [0.2, 0.25) is 0 Å². The molecule has 2 heterocycles. The molecule has 0 radical (unpaired) electrons. The van der Waals surface area contributed by atoms with Gasteiger partial charge in [-0.05, 0) is 19.1 Å². The molecule has 0 bridgehead atoms. The zero-order valence-electron chi connectivity index (χ0n) is 11.0. The lowest BCUT2D eigenvalue weighted by molar-refractivity contribution is -0.120. The number of nitrogens with zero attached hydrogens (tertiary/aromatic N) is 2. The monoisotopic (exact) mass is 293 g/mol. The van der Waals surface area contributed by atoms with E-state index in [1.807, 2.05) is 13.0 Å². The second-order valence-corrected chi connectivity index (χ2v) is 5.41. The highest BCUT2D eigenvalue weighted by atomic mass is 32.1. The van der Waals surface area contributed by atoms with Crippen LogP contribution in [0.5, 0.6) is 0 Å². The number of hydrogen-bond donors (Lipinski definition) is 3. The fraction of sp³-hybridized carbons (Fsp3) is 0.333. The number of aromatic nitrogens is 3. The molecular weight excluding hydrogens is 278 g/mol. The fourth-order valence-electron chi connectivity index (χ4n) is 1.54. The molecule has 0 unspecified atom stereocenters. The molecule has 0 aliphatic carbocycles. The first kappa shape index (κ1) is 14.2. The van der Waals surface area contributed by atoms with Crippen molar-refractivity contribution < 1.29 is 9.59 Å². The summed E-state index contributed by atoms with van der Waals surface area (Å²) in [4.78, 5) is 28.9. The molecule has 3 N–H and O–H groups in total. The van der Waals surface area contributed by atoms with E-state index in [0.717, 1.165) is 4.88 Å². The molecule has 0 atom stereocenters. The normalized spacial score (nSPS) is 10.2. The van der Waals surface area contributed by atoms with Crippen molar-refractivity contribution in [1.29, 1.82) is 0 Å². The minimum absolute atomic E-state index is 0.0355.